The molecule has 0 bridgehead atoms. The molecule has 0 aromatic carbocycles. The Hall–Kier alpha value is -0.170. The van der Waals surface area contributed by atoms with Crippen LogP contribution in [0.1, 0.15) is 19.3 Å². The van der Waals surface area contributed by atoms with E-state index in [4.69, 9.17) is 4.74 Å². The van der Waals surface area contributed by atoms with Crippen LogP contribution in [0.5, 0.6) is 0 Å². The van der Waals surface area contributed by atoms with Crippen LogP contribution in [0.25, 0.3) is 0 Å². The van der Waals surface area contributed by atoms with Crippen LogP contribution in [0, 0.1) is 0 Å². The van der Waals surface area contributed by atoms with Gasteiger partial charge in [-0.1, -0.05) is 0 Å². The summed E-state index contributed by atoms with van der Waals surface area (Å²) in [5, 5.41) is 3.12. The molecule has 0 aromatic rings. The first kappa shape index (κ1) is 12.3. The highest BCUT2D eigenvalue weighted by Gasteiger charge is 2.33. The molecule has 5 nitrogen and oxygen atoms in total. The number of hydrogen-bond donors (Lipinski definition) is 1. The third-order valence-electron chi connectivity index (χ3n) is 3.37. The molecule has 0 aliphatic carbocycles. The minimum absolute atomic E-state index is 0.0846. The zero-order valence-electron chi connectivity index (χ0n) is 9.68. The lowest BCUT2D eigenvalue weighted by Gasteiger charge is -2.18. The Morgan fingerprint density at radius 1 is 1.44 bits per heavy atom. The third-order valence-corrected chi connectivity index (χ3v) is 5.28. The maximum Gasteiger partial charge on any atom is 0.216 e. The predicted octanol–water partition coefficient (Wildman–Crippen LogP) is -0.211. The first-order valence-electron chi connectivity index (χ1n) is 5.88. The van der Waals surface area contributed by atoms with E-state index in [0.717, 1.165) is 19.3 Å². The molecule has 0 aromatic heterocycles. The first-order valence-corrected chi connectivity index (χ1v) is 7.49. The van der Waals surface area contributed by atoms with Crippen molar-refractivity contribution in [1.29, 1.82) is 0 Å². The smallest absolute Gasteiger partial charge is 0.216 e. The SMILES string of the molecule is CNC1CCN(S(=O)(=O)CC2CCCO2)C1. The van der Waals surface area contributed by atoms with Crippen LogP contribution in [-0.2, 0) is 14.8 Å². The number of sulfonamides is 1. The first-order chi connectivity index (χ1) is 7.62. The molecular weight excluding hydrogens is 228 g/mol. The van der Waals surface area contributed by atoms with Crippen LogP contribution in [0.4, 0.5) is 0 Å². The average Bonchev–Trinajstić information content (AvgIpc) is 2.85. The molecule has 2 fully saturated rings. The fourth-order valence-electron chi connectivity index (χ4n) is 2.33. The van der Waals surface area contributed by atoms with Crippen LogP contribution in [0.2, 0.25) is 0 Å². The summed E-state index contributed by atoms with van der Waals surface area (Å²) in [6, 6.07) is 0.305. The van der Waals surface area contributed by atoms with Crippen LogP contribution >= 0.6 is 0 Å². The van der Waals surface area contributed by atoms with Gasteiger partial charge >= 0.3 is 0 Å². The van der Waals surface area contributed by atoms with Gasteiger partial charge in [-0.05, 0) is 26.3 Å². The lowest BCUT2D eigenvalue weighted by Crippen LogP contribution is -2.37. The molecule has 0 radical (unpaired) electrons. The normalized spacial score (nSPS) is 32.3. The van der Waals surface area contributed by atoms with Crippen molar-refractivity contribution in [2.24, 2.45) is 0 Å². The molecule has 6 heteroatoms. The van der Waals surface area contributed by atoms with Crippen molar-refractivity contribution < 1.29 is 13.2 Å². The Morgan fingerprint density at radius 3 is 2.81 bits per heavy atom. The van der Waals surface area contributed by atoms with E-state index in [1.165, 1.54) is 0 Å². The molecule has 2 aliphatic rings. The summed E-state index contributed by atoms with van der Waals surface area (Å²) in [4.78, 5) is 0. The molecule has 2 unspecified atom stereocenters. The second-order valence-electron chi connectivity index (χ2n) is 4.55. The van der Waals surface area contributed by atoms with E-state index in [-0.39, 0.29) is 11.9 Å². The Kier molecular flexibility index (Phi) is 3.84. The van der Waals surface area contributed by atoms with Gasteiger partial charge in [0.15, 0.2) is 0 Å². The highest BCUT2D eigenvalue weighted by molar-refractivity contribution is 7.89. The predicted molar refractivity (Wildman–Crippen MR) is 61.8 cm³/mol. The van der Waals surface area contributed by atoms with Gasteiger partial charge in [-0.2, -0.15) is 0 Å². The minimum atomic E-state index is -3.12. The molecule has 94 valence electrons. The third kappa shape index (κ3) is 2.74. The Labute approximate surface area is 97.2 Å². The number of nitrogens with one attached hydrogen (secondary N) is 1. The van der Waals surface area contributed by atoms with Gasteiger partial charge in [-0.15, -0.1) is 0 Å². The largest absolute Gasteiger partial charge is 0.377 e. The van der Waals surface area contributed by atoms with E-state index < -0.39 is 10.0 Å². The van der Waals surface area contributed by atoms with Gasteiger partial charge in [0.25, 0.3) is 0 Å². The Bertz CT molecular complexity index is 325. The van der Waals surface area contributed by atoms with E-state index in [1.807, 2.05) is 7.05 Å². The Morgan fingerprint density at radius 2 is 2.25 bits per heavy atom. The van der Waals surface area contributed by atoms with Crippen molar-refractivity contribution in [3.05, 3.63) is 0 Å². The van der Waals surface area contributed by atoms with Crippen molar-refractivity contribution >= 4 is 10.0 Å². The quantitative estimate of drug-likeness (QED) is 0.748. The van der Waals surface area contributed by atoms with Gasteiger partial charge in [0, 0.05) is 25.7 Å². The van der Waals surface area contributed by atoms with Crippen LogP contribution < -0.4 is 5.32 Å². The maximum absolute atomic E-state index is 12.1. The number of nitrogens with zero attached hydrogens (tertiary/aromatic N) is 1. The molecular formula is C10H20N2O3S. The zero-order valence-corrected chi connectivity index (χ0v) is 10.5. The van der Waals surface area contributed by atoms with E-state index in [2.05, 4.69) is 5.32 Å². The summed E-state index contributed by atoms with van der Waals surface area (Å²) in [5.41, 5.74) is 0. The van der Waals surface area contributed by atoms with Gasteiger partial charge < -0.3 is 10.1 Å². The van der Waals surface area contributed by atoms with Crippen molar-refractivity contribution in [2.75, 3.05) is 32.5 Å². The fourth-order valence-corrected chi connectivity index (χ4v) is 4.07. The Balaban J connectivity index is 1.91. The highest BCUT2D eigenvalue weighted by Crippen LogP contribution is 2.19. The summed E-state index contributed by atoms with van der Waals surface area (Å²) >= 11 is 0. The summed E-state index contributed by atoms with van der Waals surface area (Å²) in [7, 11) is -1.24. The molecule has 2 atom stereocenters. The van der Waals surface area contributed by atoms with Gasteiger partial charge in [0.2, 0.25) is 10.0 Å². The van der Waals surface area contributed by atoms with Gasteiger partial charge in [0.1, 0.15) is 0 Å². The van der Waals surface area contributed by atoms with E-state index in [0.29, 0.717) is 25.7 Å². The van der Waals surface area contributed by atoms with Crippen molar-refractivity contribution in [3.8, 4) is 0 Å². The molecule has 1 N–H and O–H groups in total. The maximum atomic E-state index is 12.1. The van der Waals surface area contributed by atoms with E-state index >= 15 is 0 Å². The number of likely N-dealkylation sites (N-methyl/N-ethyl adjacent to an activating group) is 1. The molecule has 0 spiro atoms. The second-order valence-corrected chi connectivity index (χ2v) is 6.56. The molecule has 0 saturated carbocycles. The number of hydrogen-bond acceptors (Lipinski definition) is 4. The van der Waals surface area contributed by atoms with Gasteiger partial charge in [-0.25, -0.2) is 12.7 Å². The molecule has 2 aliphatic heterocycles. The summed E-state index contributed by atoms with van der Waals surface area (Å²) in [6.45, 7) is 1.95. The monoisotopic (exact) mass is 248 g/mol. The van der Waals surface area contributed by atoms with E-state index in [9.17, 15) is 8.42 Å². The van der Waals surface area contributed by atoms with Gasteiger partial charge in [0.05, 0.1) is 11.9 Å². The van der Waals surface area contributed by atoms with Crippen molar-refractivity contribution in [3.63, 3.8) is 0 Å². The fraction of sp³-hybridized carbons (Fsp3) is 1.00. The van der Waals surface area contributed by atoms with Crippen LogP contribution in [0.15, 0.2) is 0 Å². The number of rotatable bonds is 4. The number of ether oxygens (including phenoxy) is 1. The van der Waals surface area contributed by atoms with Crippen molar-refractivity contribution in [1.82, 2.24) is 9.62 Å². The van der Waals surface area contributed by atoms with Crippen molar-refractivity contribution in [2.45, 2.75) is 31.4 Å². The molecule has 2 saturated heterocycles. The summed E-state index contributed by atoms with van der Waals surface area (Å²) in [5.74, 6) is 0.156. The topological polar surface area (TPSA) is 58.6 Å². The van der Waals surface area contributed by atoms with Gasteiger partial charge in [-0.3, -0.25) is 0 Å². The van der Waals surface area contributed by atoms with Crippen LogP contribution in [-0.4, -0.2) is 57.4 Å². The molecule has 0 amide bonds. The van der Waals surface area contributed by atoms with E-state index in [1.54, 1.807) is 4.31 Å². The molecule has 16 heavy (non-hydrogen) atoms. The molecule has 2 heterocycles. The minimum Gasteiger partial charge on any atom is -0.377 e. The standard InChI is InChI=1S/C10H20N2O3S/c1-11-9-4-5-12(7-9)16(13,14)8-10-3-2-6-15-10/h9-11H,2-8H2,1H3. The second kappa shape index (κ2) is 5.00. The lowest BCUT2D eigenvalue weighted by atomic mass is 10.3. The highest BCUT2D eigenvalue weighted by atomic mass is 32.2. The van der Waals surface area contributed by atoms with Crippen LogP contribution in [0.3, 0.4) is 0 Å². The lowest BCUT2D eigenvalue weighted by molar-refractivity contribution is 0.126. The summed E-state index contributed by atoms with van der Waals surface area (Å²) in [6.07, 6.45) is 2.68. The summed E-state index contributed by atoms with van der Waals surface area (Å²) < 4.78 is 31.1. The average molecular weight is 248 g/mol. The zero-order chi connectivity index (χ0) is 11.6. The molecule has 2 rings (SSSR count).